The molecule has 71 heavy (non-hydrogen) atoms. The van der Waals surface area contributed by atoms with Crippen molar-refractivity contribution in [2.45, 2.75) is 17.4 Å². The number of aldehydes is 1. The minimum atomic E-state index is -0.845. The fourth-order valence-electron chi connectivity index (χ4n) is 8.51. The van der Waals surface area contributed by atoms with Gasteiger partial charge < -0.3 is 28.4 Å². The molecule has 3 fully saturated rings. The van der Waals surface area contributed by atoms with Crippen molar-refractivity contribution in [1.29, 1.82) is 0 Å². The Balaban J connectivity index is 0.000000127. The maximum atomic E-state index is 12.0. The second-order valence-corrected chi connectivity index (χ2v) is 16.5. The standard InChI is InChI=1S/C17H16O2.C16H14O3.C15H14O2.C15H12O/c1-2-14-8-10-16(11-9-14)17(18-12-13-19-17)15-6-4-3-5-7-15;17-12-13-6-8-15(9-7-13)16(18-10-11-19-16)14-4-2-1-3-5-14;1-3-7-13(8-4-1)15(16-11-12-17-15)14-9-5-2-6-10-14;1-2-12-8-10-14(11-9-12)15(16)13-6-4-3-5-7-13/h2-11H,1,12-13H2;1-9,12H,10-11H2;1-10H,11-12H2;2-11H,1H2. The second-order valence-electron chi connectivity index (χ2n) is 16.5. The van der Waals surface area contributed by atoms with Crippen LogP contribution in [-0.2, 0) is 45.8 Å². The Morgan fingerprint density at radius 3 is 0.845 bits per heavy atom. The van der Waals surface area contributed by atoms with Crippen LogP contribution in [0.15, 0.2) is 238 Å². The number of ketones is 1. The van der Waals surface area contributed by atoms with E-state index in [2.05, 4.69) is 13.2 Å². The average Bonchev–Trinajstić information content (AvgIpc) is 4.29. The second kappa shape index (κ2) is 24.3. The number of carbonyl (C=O) groups excluding carboxylic acids is 2. The Morgan fingerprint density at radius 2 is 0.563 bits per heavy atom. The van der Waals surface area contributed by atoms with Crippen molar-refractivity contribution in [3.8, 4) is 0 Å². The van der Waals surface area contributed by atoms with Crippen LogP contribution in [0.2, 0.25) is 0 Å². The number of benzene rings is 8. The van der Waals surface area contributed by atoms with Gasteiger partial charge in [0.2, 0.25) is 17.4 Å². The average molecular weight is 941 g/mol. The van der Waals surface area contributed by atoms with Crippen LogP contribution in [0.3, 0.4) is 0 Å². The molecular formula is C63H56O8. The third kappa shape index (κ3) is 11.7. The Morgan fingerprint density at radius 1 is 0.324 bits per heavy atom. The highest BCUT2D eigenvalue weighted by molar-refractivity contribution is 6.09. The first-order valence-corrected chi connectivity index (χ1v) is 23.6. The fraction of sp³-hybridized carbons (Fsp3) is 0.143. The molecule has 0 aromatic heterocycles. The van der Waals surface area contributed by atoms with Crippen LogP contribution in [0, 0.1) is 0 Å². The SMILES string of the molecule is C=Cc1ccc(C(=O)c2ccccc2)cc1.C=Cc1ccc(C2(c3ccccc3)OCCO2)cc1.O=Cc1ccc(C2(c3ccccc3)OCCO2)cc1.c1ccc(C2(c3ccccc3)OCCO2)cc1. The first-order valence-electron chi connectivity index (χ1n) is 23.6. The molecule has 0 atom stereocenters. The topological polar surface area (TPSA) is 89.5 Å². The van der Waals surface area contributed by atoms with Gasteiger partial charge in [0.1, 0.15) is 6.29 Å². The quantitative estimate of drug-likeness (QED) is 0.0936. The van der Waals surface area contributed by atoms with Crippen LogP contribution in [0.4, 0.5) is 0 Å². The molecule has 0 aliphatic carbocycles. The molecule has 3 heterocycles. The predicted molar refractivity (Wildman–Crippen MR) is 279 cm³/mol. The molecule has 0 unspecified atom stereocenters. The van der Waals surface area contributed by atoms with E-state index in [0.717, 1.165) is 50.8 Å². The molecule has 3 aliphatic rings. The molecule has 11 rings (SSSR count). The lowest BCUT2D eigenvalue weighted by Crippen LogP contribution is -2.28. The molecule has 0 radical (unpaired) electrons. The molecule has 0 saturated carbocycles. The molecule has 8 aromatic rings. The molecule has 356 valence electrons. The summed E-state index contributed by atoms with van der Waals surface area (Å²) in [6.07, 6.45) is 4.42. The number of ether oxygens (including phenoxy) is 6. The van der Waals surface area contributed by atoms with Gasteiger partial charge in [0.25, 0.3) is 0 Å². The van der Waals surface area contributed by atoms with Crippen molar-refractivity contribution in [3.63, 3.8) is 0 Å². The Kier molecular flexibility index (Phi) is 17.0. The van der Waals surface area contributed by atoms with Crippen LogP contribution in [0.5, 0.6) is 0 Å². The van der Waals surface area contributed by atoms with Gasteiger partial charge in [-0.3, -0.25) is 9.59 Å². The van der Waals surface area contributed by atoms with E-state index in [1.54, 1.807) is 18.2 Å². The van der Waals surface area contributed by atoms with Gasteiger partial charge in [-0.1, -0.05) is 250 Å². The zero-order valence-corrected chi connectivity index (χ0v) is 39.5. The Bertz CT molecular complexity index is 2740. The predicted octanol–water partition coefficient (Wildman–Crippen LogP) is 12.8. The van der Waals surface area contributed by atoms with Gasteiger partial charge in [0.15, 0.2) is 5.78 Å². The summed E-state index contributed by atoms with van der Waals surface area (Å²) >= 11 is 0. The van der Waals surface area contributed by atoms with Gasteiger partial charge in [-0.05, 0) is 11.1 Å². The molecule has 0 N–H and O–H groups in total. The van der Waals surface area contributed by atoms with E-state index >= 15 is 0 Å². The lowest BCUT2D eigenvalue weighted by atomic mass is 9.96. The molecule has 3 aliphatic heterocycles. The number of hydrogen-bond acceptors (Lipinski definition) is 8. The van der Waals surface area contributed by atoms with Crippen molar-refractivity contribution < 1.29 is 38.0 Å². The summed E-state index contributed by atoms with van der Waals surface area (Å²) in [6, 6.07) is 72.2. The van der Waals surface area contributed by atoms with Gasteiger partial charge in [0.05, 0.1) is 39.6 Å². The minimum absolute atomic E-state index is 0.0520. The van der Waals surface area contributed by atoms with E-state index < -0.39 is 17.4 Å². The summed E-state index contributed by atoms with van der Waals surface area (Å²) in [4.78, 5) is 22.7. The summed E-state index contributed by atoms with van der Waals surface area (Å²) in [5.74, 6) is -2.28. The molecule has 0 spiro atoms. The van der Waals surface area contributed by atoms with E-state index in [0.29, 0.717) is 56.3 Å². The maximum absolute atomic E-state index is 12.0. The van der Waals surface area contributed by atoms with E-state index in [-0.39, 0.29) is 5.78 Å². The molecule has 8 aromatic carbocycles. The Labute approximate surface area is 416 Å². The monoisotopic (exact) mass is 940 g/mol. The third-order valence-electron chi connectivity index (χ3n) is 12.1. The van der Waals surface area contributed by atoms with Crippen molar-refractivity contribution in [2.24, 2.45) is 0 Å². The molecule has 3 saturated heterocycles. The van der Waals surface area contributed by atoms with E-state index in [9.17, 15) is 9.59 Å². The van der Waals surface area contributed by atoms with Gasteiger partial charge >= 0.3 is 0 Å². The number of rotatable bonds is 11. The highest BCUT2D eigenvalue weighted by Crippen LogP contribution is 2.40. The lowest BCUT2D eigenvalue weighted by Gasteiger charge is -2.28. The molecule has 0 bridgehead atoms. The van der Waals surface area contributed by atoms with E-state index in [1.165, 1.54) is 0 Å². The highest BCUT2D eigenvalue weighted by atomic mass is 16.7. The summed E-state index contributed by atoms with van der Waals surface area (Å²) in [5, 5.41) is 0. The maximum Gasteiger partial charge on any atom is 0.222 e. The van der Waals surface area contributed by atoms with Gasteiger partial charge in [-0.2, -0.15) is 0 Å². The van der Waals surface area contributed by atoms with Crippen molar-refractivity contribution >= 4 is 24.2 Å². The summed E-state index contributed by atoms with van der Waals surface area (Å²) in [6.45, 7) is 11.0. The smallest absolute Gasteiger partial charge is 0.222 e. The largest absolute Gasteiger partial charge is 0.340 e. The van der Waals surface area contributed by atoms with Crippen LogP contribution in [0.1, 0.15) is 70.8 Å². The zero-order chi connectivity index (χ0) is 49.2. The van der Waals surface area contributed by atoms with E-state index in [1.807, 2.05) is 218 Å². The van der Waals surface area contributed by atoms with Crippen LogP contribution in [-0.4, -0.2) is 51.7 Å². The number of hydrogen-bond donors (Lipinski definition) is 0. The molecule has 8 nitrogen and oxygen atoms in total. The molecule has 8 heteroatoms. The zero-order valence-electron chi connectivity index (χ0n) is 39.5. The van der Waals surface area contributed by atoms with Crippen molar-refractivity contribution in [3.05, 3.63) is 299 Å². The normalized spacial score (nSPS) is 15.8. The Hall–Kier alpha value is -7.66. The lowest BCUT2D eigenvalue weighted by molar-refractivity contribution is -0.130. The van der Waals surface area contributed by atoms with E-state index in [4.69, 9.17) is 28.4 Å². The summed E-state index contributed by atoms with van der Waals surface area (Å²) in [5.41, 5.74) is 10.2. The minimum Gasteiger partial charge on any atom is -0.340 e. The molecule has 0 amide bonds. The van der Waals surface area contributed by atoms with Crippen molar-refractivity contribution in [1.82, 2.24) is 0 Å². The van der Waals surface area contributed by atoms with Crippen LogP contribution in [0.25, 0.3) is 12.2 Å². The summed E-state index contributed by atoms with van der Waals surface area (Å²) < 4.78 is 35.4. The van der Waals surface area contributed by atoms with Crippen LogP contribution >= 0.6 is 0 Å². The fourth-order valence-corrected chi connectivity index (χ4v) is 8.51. The molecular weight excluding hydrogens is 885 g/mol. The van der Waals surface area contributed by atoms with Gasteiger partial charge in [-0.15, -0.1) is 0 Å². The third-order valence-corrected chi connectivity index (χ3v) is 12.1. The van der Waals surface area contributed by atoms with Gasteiger partial charge in [-0.25, -0.2) is 0 Å². The number of carbonyl (C=O) groups is 2. The first kappa shape index (κ1) is 49.8. The highest BCUT2D eigenvalue weighted by Gasteiger charge is 2.42. The van der Waals surface area contributed by atoms with Gasteiger partial charge in [0, 0.05) is 50.1 Å². The first-order chi connectivity index (χ1) is 34.9. The van der Waals surface area contributed by atoms with Crippen molar-refractivity contribution in [2.75, 3.05) is 39.6 Å². The van der Waals surface area contributed by atoms with Crippen LogP contribution < -0.4 is 0 Å². The summed E-state index contributed by atoms with van der Waals surface area (Å²) in [7, 11) is 0.